The summed E-state index contributed by atoms with van der Waals surface area (Å²) in [5, 5.41) is 2.20. The Morgan fingerprint density at radius 3 is 2.40 bits per heavy atom. The van der Waals surface area contributed by atoms with Gasteiger partial charge in [-0.15, -0.1) is 0 Å². The number of nitrogens with zero attached hydrogens (tertiary/aromatic N) is 3. The standard InChI is InChI=1S/C18H11F5N6O/c19-10-5-8(28-13-2-4-26-17(24)29-13)6-11(20)15(10)30-12-1-3-25-16-14(12)9(7-27-16)18(21,22)23/h1-7H,(H,25,27)(H3,24,26,28,29). The topological polar surface area (TPSA) is 102 Å². The first kappa shape index (κ1) is 19.4. The number of benzene rings is 1. The highest BCUT2D eigenvalue weighted by Gasteiger charge is 2.35. The molecule has 0 unspecified atom stereocenters. The third-order valence-electron chi connectivity index (χ3n) is 4.00. The lowest BCUT2D eigenvalue weighted by Crippen LogP contribution is -2.04. The number of anilines is 3. The van der Waals surface area contributed by atoms with Crippen LogP contribution in [0.5, 0.6) is 11.5 Å². The number of halogens is 5. The smallest absolute Gasteiger partial charge is 0.418 e. The van der Waals surface area contributed by atoms with Crippen LogP contribution in [0.3, 0.4) is 0 Å². The summed E-state index contributed by atoms with van der Waals surface area (Å²) >= 11 is 0. The number of rotatable bonds is 4. The average molecular weight is 422 g/mol. The summed E-state index contributed by atoms with van der Waals surface area (Å²) < 4.78 is 74.0. The Bertz CT molecular complexity index is 1220. The molecule has 12 heteroatoms. The van der Waals surface area contributed by atoms with Gasteiger partial charge in [0.15, 0.2) is 17.4 Å². The molecule has 154 valence electrons. The zero-order chi connectivity index (χ0) is 21.5. The molecule has 30 heavy (non-hydrogen) atoms. The minimum atomic E-state index is -4.72. The third kappa shape index (κ3) is 3.66. The van der Waals surface area contributed by atoms with E-state index in [0.717, 1.165) is 24.4 Å². The molecule has 0 aliphatic heterocycles. The molecule has 0 saturated heterocycles. The van der Waals surface area contributed by atoms with E-state index < -0.39 is 40.3 Å². The van der Waals surface area contributed by atoms with Gasteiger partial charge in [0.1, 0.15) is 17.2 Å². The molecular weight excluding hydrogens is 411 g/mol. The zero-order valence-electron chi connectivity index (χ0n) is 14.8. The molecule has 0 saturated carbocycles. The fourth-order valence-corrected chi connectivity index (χ4v) is 2.77. The fraction of sp³-hybridized carbons (Fsp3) is 0.0556. The zero-order valence-corrected chi connectivity index (χ0v) is 14.8. The van der Waals surface area contributed by atoms with Crippen LogP contribution in [-0.4, -0.2) is 19.9 Å². The Labute approximate surface area is 164 Å². The van der Waals surface area contributed by atoms with Crippen molar-refractivity contribution >= 4 is 28.5 Å². The number of alkyl halides is 3. The van der Waals surface area contributed by atoms with Crippen LogP contribution in [0.4, 0.5) is 39.4 Å². The maximum Gasteiger partial charge on any atom is 0.418 e. The highest BCUT2D eigenvalue weighted by Crippen LogP contribution is 2.41. The van der Waals surface area contributed by atoms with E-state index in [1.165, 1.54) is 12.3 Å². The van der Waals surface area contributed by atoms with Gasteiger partial charge in [-0.2, -0.15) is 18.2 Å². The van der Waals surface area contributed by atoms with Crippen molar-refractivity contribution in [3.63, 3.8) is 0 Å². The van der Waals surface area contributed by atoms with Gasteiger partial charge in [-0.1, -0.05) is 0 Å². The lowest BCUT2D eigenvalue weighted by atomic mass is 10.2. The maximum absolute atomic E-state index is 14.5. The van der Waals surface area contributed by atoms with E-state index in [4.69, 9.17) is 10.5 Å². The van der Waals surface area contributed by atoms with Crippen molar-refractivity contribution in [3.05, 3.63) is 60.1 Å². The SMILES string of the molecule is Nc1nccc(Nc2cc(F)c(Oc3ccnc4[nH]cc(C(F)(F)F)c34)c(F)c2)n1. The maximum atomic E-state index is 14.5. The molecule has 0 radical (unpaired) electrons. The molecule has 3 aromatic heterocycles. The molecule has 0 spiro atoms. The second-order valence-corrected chi connectivity index (χ2v) is 6.03. The fourth-order valence-electron chi connectivity index (χ4n) is 2.77. The molecule has 0 fully saturated rings. The van der Waals surface area contributed by atoms with Gasteiger partial charge in [-0.3, -0.25) is 0 Å². The van der Waals surface area contributed by atoms with E-state index >= 15 is 0 Å². The van der Waals surface area contributed by atoms with Crippen LogP contribution in [-0.2, 0) is 6.18 Å². The number of H-pyrrole nitrogens is 1. The van der Waals surface area contributed by atoms with Crippen molar-refractivity contribution in [2.75, 3.05) is 11.1 Å². The van der Waals surface area contributed by atoms with Crippen LogP contribution in [0, 0.1) is 11.6 Å². The summed E-state index contributed by atoms with van der Waals surface area (Å²) in [7, 11) is 0. The molecule has 4 rings (SSSR count). The predicted molar refractivity (Wildman–Crippen MR) is 97.3 cm³/mol. The normalized spacial score (nSPS) is 11.6. The first-order valence-electron chi connectivity index (χ1n) is 8.28. The van der Waals surface area contributed by atoms with Crippen molar-refractivity contribution in [1.82, 2.24) is 19.9 Å². The van der Waals surface area contributed by atoms with Gasteiger partial charge >= 0.3 is 6.18 Å². The third-order valence-corrected chi connectivity index (χ3v) is 4.00. The number of nitrogens with two attached hydrogens (primary N) is 1. The van der Waals surface area contributed by atoms with Gasteiger partial charge in [0, 0.05) is 36.4 Å². The number of nitrogen functional groups attached to an aromatic ring is 1. The Kier molecular flexibility index (Phi) is 4.60. The van der Waals surface area contributed by atoms with Gasteiger partial charge in [-0.05, 0) is 12.1 Å². The Morgan fingerprint density at radius 2 is 1.73 bits per heavy atom. The number of ether oxygens (including phenoxy) is 1. The number of fused-ring (bicyclic) bond motifs is 1. The van der Waals surface area contributed by atoms with Gasteiger partial charge in [0.05, 0.1) is 10.9 Å². The number of aromatic nitrogens is 4. The van der Waals surface area contributed by atoms with Crippen LogP contribution in [0.1, 0.15) is 5.56 Å². The highest BCUT2D eigenvalue weighted by atomic mass is 19.4. The number of hydrogen-bond donors (Lipinski definition) is 3. The van der Waals surface area contributed by atoms with E-state index in [0.29, 0.717) is 6.20 Å². The molecular formula is C18H11F5N6O. The summed E-state index contributed by atoms with van der Waals surface area (Å²) in [4.78, 5) is 13.7. The molecule has 0 amide bonds. The summed E-state index contributed by atoms with van der Waals surface area (Å²) in [6.45, 7) is 0. The van der Waals surface area contributed by atoms with E-state index in [1.807, 2.05) is 0 Å². The van der Waals surface area contributed by atoms with Crippen LogP contribution in [0.15, 0.2) is 42.9 Å². The minimum Gasteiger partial charge on any atom is -0.450 e. The van der Waals surface area contributed by atoms with Crippen molar-refractivity contribution in [1.29, 1.82) is 0 Å². The molecule has 0 aliphatic carbocycles. The number of nitrogens with one attached hydrogen (secondary N) is 2. The average Bonchev–Trinajstić information content (AvgIpc) is 3.10. The lowest BCUT2D eigenvalue weighted by molar-refractivity contribution is -0.136. The van der Waals surface area contributed by atoms with Crippen molar-refractivity contribution in [2.24, 2.45) is 0 Å². The molecule has 0 atom stereocenters. The second kappa shape index (κ2) is 7.13. The van der Waals surface area contributed by atoms with Gasteiger partial charge < -0.3 is 20.8 Å². The number of hydrogen-bond acceptors (Lipinski definition) is 6. The summed E-state index contributed by atoms with van der Waals surface area (Å²) in [5.74, 6) is -3.43. The Hall–Kier alpha value is -3.96. The number of pyridine rings is 1. The quantitative estimate of drug-likeness (QED) is 0.410. The number of aromatic amines is 1. The molecule has 7 nitrogen and oxygen atoms in total. The molecule has 4 N–H and O–H groups in total. The molecule has 4 aromatic rings. The van der Waals surface area contributed by atoms with Gasteiger partial charge in [0.2, 0.25) is 5.95 Å². The van der Waals surface area contributed by atoms with E-state index in [-0.39, 0.29) is 23.1 Å². The van der Waals surface area contributed by atoms with Crippen LogP contribution in [0.2, 0.25) is 0 Å². The van der Waals surface area contributed by atoms with Crippen LogP contribution >= 0.6 is 0 Å². The molecule has 3 heterocycles. The van der Waals surface area contributed by atoms with E-state index in [2.05, 4.69) is 25.3 Å². The van der Waals surface area contributed by atoms with Gasteiger partial charge in [0.25, 0.3) is 0 Å². The van der Waals surface area contributed by atoms with E-state index in [1.54, 1.807) is 0 Å². The van der Waals surface area contributed by atoms with Crippen LogP contribution in [0.25, 0.3) is 11.0 Å². The molecule has 1 aromatic carbocycles. The van der Waals surface area contributed by atoms with Gasteiger partial charge in [-0.25, -0.2) is 18.7 Å². The van der Waals surface area contributed by atoms with Crippen LogP contribution < -0.4 is 15.8 Å². The largest absolute Gasteiger partial charge is 0.450 e. The first-order chi connectivity index (χ1) is 14.2. The molecule has 0 bridgehead atoms. The van der Waals surface area contributed by atoms with Crippen molar-refractivity contribution in [3.8, 4) is 11.5 Å². The summed E-state index contributed by atoms with van der Waals surface area (Å²) in [6.07, 6.45) is -1.51. The van der Waals surface area contributed by atoms with E-state index in [9.17, 15) is 22.0 Å². The highest BCUT2D eigenvalue weighted by molar-refractivity contribution is 5.87. The summed E-state index contributed by atoms with van der Waals surface area (Å²) in [5.41, 5.74) is 4.22. The van der Waals surface area contributed by atoms with Crippen molar-refractivity contribution < 1.29 is 26.7 Å². The predicted octanol–water partition coefficient (Wildman–Crippen LogP) is 4.77. The second-order valence-electron chi connectivity index (χ2n) is 6.03. The minimum absolute atomic E-state index is 0.0204. The molecule has 0 aliphatic rings. The Morgan fingerprint density at radius 1 is 1.03 bits per heavy atom. The summed E-state index contributed by atoms with van der Waals surface area (Å²) in [6, 6.07) is 4.31. The monoisotopic (exact) mass is 422 g/mol. The lowest BCUT2D eigenvalue weighted by Gasteiger charge is -2.13. The Balaban J connectivity index is 1.70. The van der Waals surface area contributed by atoms with Crippen molar-refractivity contribution in [2.45, 2.75) is 6.18 Å². The first-order valence-corrected chi connectivity index (χ1v) is 8.28.